The molecule has 2 aromatic carbocycles. The van der Waals surface area contributed by atoms with Gasteiger partial charge in [-0.25, -0.2) is 16.8 Å². The first-order chi connectivity index (χ1) is 20.6. The van der Waals surface area contributed by atoms with Crippen LogP contribution in [0.15, 0.2) is 82.8 Å². The van der Waals surface area contributed by atoms with Crippen molar-refractivity contribution in [1.29, 1.82) is 0 Å². The maximum Gasteiger partial charge on any atom is 0.243 e. The van der Waals surface area contributed by atoms with E-state index in [9.17, 15) is 21.9 Å². The molecule has 3 aromatic rings. The number of ether oxygens (including phenoxy) is 2. The predicted octanol–water partition coefficient (Wildman–Crippen LogP) is 1.86. The van der Waals surface area contributed by atoms with Crippen molar-refractivity contribution in [1.82, 2.24) is 14.6 Å². The molecule has 1 spiro atoms. The minimum absolute atomic E-state index is 0.00508. The van der Waals surface area contributed by atoms with E-state index in [1.165, 1.54) is 16.4 Å². The summed E-state index contributed by atoms with van der Waals surface area (Å²) in [6.07, 6.45) is 4.44. The molecule has 3 N–H and O–H groups in total. The van der Waals surface area contributed by atoms with Crippen LogP contribution in [0.2, 0.25) is 0 Å². The van der Waals surface area contributed by atoms with Crippen LogP contribution in [0, 0.1) is 0 Å². The zero-order valence-electron chi connectivity index (χ0n) is 23.7. The van der Waals surface area contributed by atoms with Crippen LogP contribution in [0.25, 0.3) is 11.1 Å². The fourth-order valence-electron chi connectivity index (χ4n) is 5.52. The molecule has 2 saturated heterocycles. The Hall–Kier alpha value is -2.91. The number of nitrogens with zero attached hydrogens (tertiary/aromatic N) is 2. The number of benzene rings is 2. The number of aromatic nitrogens is 1. The highest BCUT2D eigenvalue weighted by atomic mass is 32.2. The van der Waals surface area contributed by atoms with Crippen molar-refractivity contribution < 1.29 is 36.5 Å². The fourth-order valence-corrected chi connectivity index (χ4v) is 8.02. The summed E-state index contributed by atoms with van der Waals surface area (Å²) in [5, 5.41) is 22.7. The van der Waals surface area contributed by atoms with E-state index in [1.54, 1.807) is 36.7 Å². The zero-order valence-corrected chi connectivity index (χ0v) is 25.3. The lowest BCUT2D eigenvalue weighted by molar-refractivity contribution is -0.0312. The molecule has 0 bridgehead atoms. The van der Waals surface area contributed by atoms with E-state index in [-0.39, 0.29) is 34.7 Å². The van der Waals surface area contributed by atoms with Gasteiger partial charge < -0.3 is 25.0 Å². The molecule has 11 nitrogen and oxygen atoms in total. The van der Waals surface area contributed by atoms with Gasteiger partial charge in [0.25, 0.3) is 0 Å². The van der Waals surface area contributed by atoms with Crippen LogP contribution < -0.4 is 10.1 Å². The van der Waals surface area contributed by atoms with Crippen LogP contribution in [0.1, 0.15) is 19.3 Å². The summed E-state index contributed by atoms with van der Waals surface area (Å²) >= 11 is 0. The molecule has 5 rings (SSSR count). The summed E-state index contributed by atoms with van der Waals surface area (Å²) in [6.45, 7) is 0.939. The number of hydrogen-bond donors (Lipinski definition) is 3. The molecule has 0 saturated carbocycles. The van der Waals surface area contributed by atoms with Gasteiger partial charge in [-0.05, 0) is 72.9 Å². The van der Waals surface area contributed by atoms with Crippen molar-refractivity contribution in [2.24, 2.45) is 0 Å². The Kier molecular flexibility index (Phi) is 9.81. The van der Waals surface area contributed by atoms with Crippen molar-refractivity contribution in [3.63, 3.8) is 0 Å². The number of sulfone groups is 1. The lowest BCUT2D eigenvalue weighted by atomic mass is 9.88. The number of aliphatic hydroxyl groups excluding tert-OH is 2. The normalized spacial score (nSPS) is 19.8. The summed E-state index contributed by atoms with van der Waals surface area (Å²) < 4.78 is 64.3. The summed E-state index contributed by atoms with van der Waals surface area (Å²) in [4.78, 5) is 4.34. The second-order valence-electron chi connectivity index (χ2n) is 10.9. The van der Waals surface area contributed by atoms with Gasteiger partial charge in [0.15, 0.2) is 9.84 Å². The second-order valence-corrected chi connectivity index (χ2v) is 15.0. The molecule has 0 aliphatic carbocycles. The predicted molar refractivity (Wildman–Crippen MR) is 160 cm³/mol. The number of aliphatic hydroxyl groups is 2. The molecule has 0 amide bonds. The minimum Gasteiger partial charge on any atom is -0.491 e. The molecular weight excluding hydrogens is 594 g/mol. The third kappa shape index (κ3) is 7.60. The highest BCUT2D eigenvalue weighted by Gasteiger charge is 2.44. The van der Waals surface area contributed by atoms with Gasteiger partial charge in [-0.2, -0.15) is 4.31 Å². The summed E-state index contributed by atoms with van der Waals surface area (Å²) in [5.74, 6) is -0.0593. The Morgan fingerprint density at radius 2 is 1.70 bits per heavy atom. The number of nitrogens with one attached hydrogen (secondary N) is 1. The third-order valence-electron chi connectivity index (χ3n) is 7.96. The van der Waals surface area contributed by atoms with Gasteiger partial charge in [0.2, 0.25) is 10.0 Å². The lowest BCUT2D eigenvalue weighted by Crippen LogP contribution is -2.47. The monoisotopic (exact) mass is 631 g/mol. The standard InChI is InChI=1S/C30H37N3O8S2/c34-16-17-42(36,37)29-3-1-2-27(18-29)40-22-26(35)20-32-25-19-30(41-21-25)10-14-33(15-11-30)43(38,39)28-6-4-23(5-7-28)24-8-12-31-13-9-24/h1-9,12-13,18,25-26,32,34-35H,10-11,14-17,19-22H2. The number of hydrogen-bond acceptors (Lipinski definition) is 10. The van der Waals surface area contributed by atoms with Gasteiger partial charge in [0.05, 0.1) is 34.4 Å². The molecule has 3 heterocycles. The molecule has 43 heavy (non-hydrogen) atoms. The maximum atomic E-state index is 13.3. The first-order valence-corrected chi connectivity index (χ1v) is 17.3. The maximum absolute atomic E-state index is 13.3. The molecule has 2 unspecified atom stereocenters. The lowest BCUT2D eigenvalue weighted by Gasteiger charge is -2.38. The molecule has 232 valence electrons. The van der Waals surface area contributed by atoms with Crippen LogP contribution >= 0.6 is 0 Å². The molecule has 2 aliphatic rings. The van der Waals surface area contributed by atoms with Gasteiger partial charge in [-0.15, -0.1) is 0 Å². The van der Waals surface area contributed by atoms with Gasteiger partial charge >= 0.3 is 0 Å². The average Bonchev–Trinajstić information content (AvgIpc) is 3.41. The van der Waals surface area contributed by atoms with Crippen LogP contribution in [0.4, 0.5) is 0 Å². The van der Waals surface area contributed by atoms with Crippen molar-refractivity contribution in [3.8, 4) is 16.9 Å². The van der Waals surface area contributed by atoms with Crippen molar-refractivity contribution in [2.75, 3.05) is 45.2 Å². The van der Waals surface area contributed by atoms with Crippen LogP contribution in [-0.2, 0) is 24.6 Å². The highest BCUT2D eigenvalue weighted by molar-refractivity contribution is 7.91. The number of sulfonamides is 1. The second kappa shape index (κ2) is 13.4. The Labute approximate surface area is 252 Å². The largest absolute Gasteiger partial charge is 0.491 e. The Morgan fingerprint density at radius 1 is 1.00 bits per heavy atom. The van der Waals surface area contributed by atoms with Gasteiger partial charge in [-0.3, -0.25) is 4.98 Å². The molecular formula is C30H37N3O8S2. The average molecular weight is 632 g/mol. The fraction of sp³-hybridized carbons (Fsp3) is 0.433. The van der Waals surface area contributed by atoms with E-state index in [0.29, 0.717) is 44.7 Å². The van der Waals surface area contributed by atoms with Gasteiger partial charge in [-0.1, -0.05) is 18.2 Å². The Balaban J connectivity index is 1.07. The highest BCUT2D eigenvalue weighted by Crippen LogP contribution is 2.37. The van der Waals surface area contributed by atoms with Crippen molar-refractivity contribution >= 4 is 19.9 Å². The van der Waals surface area contributed by atoms with E-state index in [0.717, 1.165) is 11.1 Å². The van der Waals surface area contributed by atoms with Crippen LogP contribution in [0.5, 0.6) is 5.75 Å². The van der Waals surface area contributed by atoms with E-state index in [1.807, 2.05) is 24.3 Å². The number of pyridine rings is 1. The summed E-state index contributed by atoms with van der Waals surface area (Å²) in [6, 6.07) is 16.6. The van der Waals surface area contributed by atoms with E-state index < -0.39 is 38.2 Å². The molecule has 2 fully saturated rings. The van der Waals surface area contributed by atoms with Gasteiger partial charge in [0, 0.05) is 38.1 Å². The number of rotatable bonds is 12. The Morgan fingerprint density at radius 3 is 2.40 bits per heavy atom. The number of piperidine rings is 1. The molecule has 0 radical (unpaired) electrons. The van der Waals surface area contributed by atoms with Crippen molar-refractivity contribution in [2.45, 2.75) is 46.8 Å². The van der Waals surface area contributed by atoms with Crippen molar-refractivity contribution in [3.05, 3.63) is 73.1 Å². The minimum atomic E-state index is -3.63. The van der Waals surface area contributed by atoms with E-state index in [4.69, 9.17) is 14.6 Å². The topological polar surface area (TPSA) is 155 Å². The molecule has 2 atom stereocenters. The molecule has 1 aromatic heterocycles. The van der Waals surface area contributed by atoms with Gasteiger partial charge in [0.1, 0.15) is 18.5 Å². The van der Waals surface area contributed by atoms with E-state index >= 15 is 0 Å². The quantitative estimate of drug-likeness (QED) is 0.270. The first-order valence-electron chi connectivity index (χ1n) is 14.2. The molecule has 2 aliphatic heterocycles. The summed E-state index contributed by atoms with van der Waals surface area (Å²) in [5.41, 5.74) is 1.49. The zero-order chi connectivity index (χ0) is 30.5. The molecule has 13 heteroatoms. The Bertz CT molecular complexity index is 1580. The third-order valence-corrected chi connectivity index (χ3v) is 11.6. The first kappa shape index (κ1) is 31.5. The summed E-state index contributed by atoms with van der Waals surface area (Å²) in [7, 11) is -7.23. The smallest absolute Gasteiger partial charge is 0.243 e. The van der Waals surface area contributed by atoms with Crippen LogP contribution in [-0.4, -0.2) is 99.3 Å². The van der Waals surface area contributed by atoms with Crippen LogP contribution in [0.3, 0.4) is 0 Å². The van der Waals surface area contributed by atoms with E-state index in [2.05, 4.69) is 10.3 Å². The SMILES string of the molecule is O=S(=O)(CCO)c1cccc(OCC(O)CNC2COC3(CCN(S(=O)(=O)c4ccc(-c5ccncc5)cc4)CC3)C2)c1.